The molecule has 6 heteroatoms. The topological polar surface area (TPSA) is 58.1 Å². The van der Waals surface area contributed by atoms with Crippen LogP contribution in [0.25, 0.3) is 0 Å². The summed E-state index contributed by atoms with van der Waals surface area (Å²) in [6.45, 7) is 4.43. The van der Waals surface area contributed by atoms with Crippen molar-refractivity contribution in [3.63, 3.8) is 0 Å². The van der Waals surface area contributed by atoms with E-state index >= 15 is 0 Å². The van der Waals surface area contributed by atoms with E-state index in [1.165, 1.54) is 6.33 Å². The van der Waals surface area contributed by atoms with Gasteiger partial charge in [-0.05, 0) is 29.8 Å². The summed E-state index contributed by atoms with van der Waals surface area (Å²) in [6.07, 6.45) is 3.07. The number of carbonyl (C=O) groups excluding carboxylic acids is 1. The number of nitrogens with zero attached hydrogens (tertiary/aromatic N) is 3. The third-order valence-electron chi connectivity index (χ3n) is 2.24. The Morgan fingerprint density at radius 3 is 2.94 bits per heavy atom. The van der Waals surface area contributed by atoms with Crippen LogP contribution >= 0.6 is 15.9 Å². The number of rotatable bonds is 4. The summed E-state index contributed by atoms with van der Waals surface area (Å²) in [6, 6.07) is -0.309. The molecule has 0 bridgehead atoms. The minimum atomic E-state index is -0.309. The van der Waals surface area contributed by atoms with Crippen molar-refractivity contribution < 1.29 is 4.79 Å². The predicted octanol–water partition coefficient (Wildman–Crippen LogP) is 1.52. The largest absolute Gasteiger partial charge is 0.358 e. The first-order valence-corrected chi connectivity index (χ1v) is 5.82. The van der Waals surface area contributed by atoms with Crippen molar-refractivity contribution in [3.05, 3.63) is 17.0 Å². The fourth-order valence-corrected chi connectivity index (χ4v) is 1.51. The highest BCUT2D eigenvalue weighted by Crippen LogP contribution is 2.18. The molecule has 0 aliphatic rings. The van der Waals surface area contributed by atoms with Crippen LogP contribution in [0.2, 0.25) is 0 Å². The van der Waals surface area contributed by atoms with Gasteiger partial charge >= 0.3 is 0 Å². The van der Waals surface area contributed by atoms with Gasteiger partial charge in [-0.3, -0.25) is 4.79 Å². The zero-order valence-corrected chi connectivity index (χ0v) is 11.2. The van der Waals surface area contributed by atoms with Crippen LogP contribution < -0.4 is 5.32 Å². The van der Waals surface area contributed by atoms with Crippen LogP contribution in [0.15, 0.2) is 17.0 Å². The molecule has 0 radical (unpaired) electrons. The number of likely N-dealkylation sites (N-methyl/N-ethyl adjacent to an activating group) is 1. The Labute approximate surface area is 103 Å². The molecule has 0 aliphatic carbocycles. The van der Waals surface area contributed by atoms with Crippen LogP contribution in [0.3, 0.4) is 0 Å². The number of nitrogens with one attached hydrogen (secondary N) is 1. The van der Waals surface area contributed by atoms with Gasteiger partial charge in [0.1, 0.15) is 18.2 Å². The molecule has 1 aromatic rings. The minimum absolute atomic E-state index is 0.0352. The average Bonchev–Trinajstić information content (AvgIpc) is 2.30. The van der Waals surface area contributed by atoms with E-state index in [-0.39, 0.29) is 11.9 Å². The van der Waals surface area contributed by atoms with Crippen molar-refractivity contribution in [2.24, 2.45) is 0 Å². The van der Waals surface area contributed by atoms with Crippen molar-refractivity contribution in [1.82, 2.24) is 14.9 Å². The highest BCUT2D eigenvalue weighted by atomic mass is 79.9. The molecule has 0 aliphatic heterocycles. The summed E-state index contributed by atoms with van der Waals surface area (Å²) in [5.74, 6) is 0.661. The number of aromatic nitrogens is 2. The summed E-state index contributed by atoms with van der Waals surface area (Å²) in [5.41, 5.74) is 0. The molecule has 1 rings (SSSR count). The molecule has 0 saturated carbocycles. The molecule has 0 spiro atoms. The Morgan fingerprint density at radius 1 is 1.69 bits per heavy atom. The molecule has 1 unspecified atom stereocenters. The second-order valence-electron chi connectivity index (χ2n) is 3.44. The van der Waals surface area contributed by atoms with Crippen LogP contribution in [0.4, 0.5) is 5.82 Å². The average molecular weight is 287 g/mol. The van der Waals surface area contributed by atoms with E-state index in [1.807, 2.05) is 13.8 Å². The molecule has 1 heterocycles. The molecule has 0 aromatic carbocycles. The molecular weight excluding hydrogens is 272 g/mol. The second kappa shape index (κ2) is 5.79. The second-order valence-corrected chi connectivity index (χ2v) is 4.29. The fraction of sp³-hybridized carbons (Fsp3) is 0.500. The predicted molar refractivity (Wildman–Crippen MR) is 66.1 cm³/mol. The first-order chi connectivity index (χ1) is 7.56. The lowest BCUT2D eigenvalue weighted by Crippen LogP contribution is -2.39. The highest BCUT2D eigenvalue weighted by Gasteiger charge is 2.17. The fourth-order valence-electron chi connectivity index (χ4n) is 1.17. The maximum Gasteiger partial charge on any atom is 0.244 e. The quantitative estimate of drug-likeness (QED) is 0.912. The van der Waals surface area contributed by atoms with E-state index in [0.717, 1.165) is 4.47 Å². The Kier molecular flexibility index (Phi) is 4.67. The maximum absolute atomic E-state index is 11.8. The van der Waals surface area contributed by atoms with Gasteiger partial charge in [-0.25, -0.2) is 9.97 Å². The molecule has 0 fully saturated rings. The maximum atomic E-state index is 11.8. The van der Waals surface area contributed by atoms with Crippen molar-refractivity contribution in [2.45, 2.75) is 19.9 Å². The Morgan fingerprint density at radius 2 is 2.38 bits per heavy atom. The molecular formula is C10H15BrN4O. The van der Waals surface area contributed by atoms with Gasteiger partial charge in [0.25, 0.3) is 0 Å². The van der Waals surface area contributed by atoms with E-state index in [9.17, 15) is 4.79 Å². The third-order valence-corrected chi connectivity index (χ3v) is 2.82. The van der Waals surface area contributed by atoms with E-state index in [2.05, 4.69) is 31.2 Å². The van der Waals surface area contributed by atoms with Crippen molar-refractivity contribution in [2.75, 3.05) is 18.9 Å². The van der Waals surface area contributed by atoms with E-state index in [4.69, 9.17) is 0 Å². The Hall–Kier alpha value is -1.17. The van der Waals surface area contributed by atoms with Gasteiger partial charge in [0.05, 0.1) is 4.47 Å². The van der Waals surface area contributed by atoms with Crippen LogP contribution in [0.5, 0.6) is 0 Å². The number of halogens is 1. The molecule has 88 valence electrons. The first kappa shape index (κ1) is 12.9. The lowest BCUT2D eigenvalue weighted by molar-refractivity contribution is -0.130. The molecule has 5 nitrogen and oxygen atoms in total. The van der Waals surface area contributed by atoms with Gasteiger partial charge in [0.15, 0.2) is 0 Å². The smallest absolute Gasteiger partial charge is 0.244 e. The molecule has 1 amide bonds. The standard InChI is InChI=1S/C10H15BrN4O/c1-4-15(3)10(16)7(2)14-9-8(11)5-12-6-13-9/h5-7H,4H2,1-3H3,(H,12,13,14). The lowest BCUT2D eigenvalue weighted by Gasteiger charge is -2.21. The zero-order valence-electron chi connectivity index (χ0n) is 9.57. The van der Waals surface area contributed by atoms with Crippen LogP contribution in [0.1, 0.15) is 13.8 Å². The normalized spacial score (nSPS) is 12.0. The minimum Gasteiger partial charge on any atom is -0.358 e. The van der Waals surface area contributed by atoms with Crippen molar-refractivity contribution in [3.8, 4) is 0 Å². The summed E-state index contributed by atoms with van der Waals surface area (Å²) in [4.78, 5) is 21.4. The van der Waals surface area contributed by atoms with Gasteiger partial charge in [0, 0.05) is 19.8 Å². The molecule has 1 N–H and O–H groups in total. The van der Waals surface area contributed by atoms with Crippen LogP contribution in [0, 0.1) is 0 Å². The first-order valence-electron chi connectivity index (χ1n) is 5.03. The number of hydrogen-bond donors (Lipinski definition) is 1. The molecule has 16 heavy (non-hydrogen) atoms. The Balaban J connectivity index is 2.68. The van der Waals surface area contributed by atoms with Gasteiger partial charge in [-0.2, -0.15) is 0 Å². The van der Waals surface area contributed by atoms with Gasteiger partial charge in [-0.15, -0.1) is 0 Å². The number of anilines is 1. The molecule has 1 aromatic heterocycles. The van der Waals surface area contributed by atoms with Gasteiger partial charge < -0.3 is 10.2 Å². The monoisotopic (exact) mass is 286 g/mol. The van der Waals surface area contributed by atoms with Crippen LogP contribution in [-0.2, 0) is 4.79 Å². The highest BCUT2D eigenvalue weighted by molar-refractivity contribution is 9.10. The van der Waals surface area contributed by atoms with Gasteiger partial charge in [-0.1, -0.05) is 0 Å². The summed E-state index contributed by atoms with van der Waals surface area (Å²) >= 11 is 3.32. The Bertz CT molecular complexity index is 372. The van der Waals surface area contributed by atoms with Crippen molar-refractivity contribution >= 4 is 27.7 Å². The SMILES string of the molecule is CCN(C)C(=O)C(C)Nc1ncncc1Br. The van der Waals surface area contributed by atoms with E-state index < -0.39 is 0 Å². The van der Waals surface area contributed by atoms with E-state index in [1.54, 1.807) is 18.1 Å². The number of hydrogen-bond acceptors (Lipinski definition) is 4. The third kappa shape index (κ3) is 3.16. The summed E-state index contributed by atoms with van der Waals surface area (Å²) < 4.78 is 0.744. The van der Waals surface area contributed by atoms with Gasteiger partial charge in [0.2, 0.25) is 5.91 Å². The summed E-state index contributed by atoms with van der Waals surface area (Å²) in [7, 11) is 1.77. The number of amides is 1. The zero-order chi connectivity index (χ0) is 12.1. The lowest BCUT2D eigenvalue weighted by atomic mass is 10.3. The molecule has 0 saturated heterocycles. The summed E-state index contributed by atoms with van der Waals surface area (Å²) in [5, 5.41) is 3.04. The number of carbonyl (C=O) groups is 1. The van der Waals surface area contributed by atoms with Crippen molar-refractivity contribution in [1.29, 1.82) is 0 Å². The molecule has 1 atom stereocenters. The van der Waals surface area contributed by atoms with E-state index in [0.29, 0.717) is 12.4 Å². The van der Waals surface area contributed by atoms with Crippen LogP contribution in [-0.4, -0.2) is 40.4 Å².